The monoisotopic (exact) mass is 330 g/mol. The molecule has 1 amide bonds. The molecule has 0 fully saturated rings. The average Bonchev–Trinajstić information content (AvgIpc) is 3.04. The summed E-state index contributed by atoms with van der Waals surface area (Å²) in [5.41, 5.74) is 7.53. The maximum absolute atomic E-state index is 12.8. The number of nitrogens with two attached hydrogens (primary N) is 1. The molecule has 0 saturated heterocycles. The number of hydrogen-bond acceptors (Lipinski definition) is 5. The Hall–Kier alpha value is -3.67. The fourth-order valence-electron chi connectivity index (χ4n) is 2.72. The number of hydrogen-bond donors (Lipinski definition) is 2. The molecule has 0 bridgehead atoms. The molecule has 0 aliphatic rings. The van der Waals surface area contributed by atoms with E-state index in [-0.39, 0.29) is 11.4 Å². The van der Waals surface area contributed by atoms with Gasteiger partial charge >= 0.3 is 0 Å². The molecule has 0 aliphatic carbocycles. The predicted octanol–water partition coefficient (Wildman–Crippen LogP) is 3.72. The molecule has 2 aromatic heterocycles. The highest BCUT2D eigenvalue weighted by atomic mass is 16.5. The summed E-state index contributed by atoms with van der Waals surface area (Å²) >= 11 is 0. The Balaban J connectivity index is 1.74. The Labute approximate surface area is 143 Å². The third-order valence-corrected chi connectivity index (χ3v) is 3.89. The lowest BCUT2D eigenvalue weighted by atomic mass is 10.1. The summed E-state index contributed by atoms with van der Waals surface area (Å²) in [4.78, 5) is 17.0. The van der Waals surface area contributed by atoms with Gasteiger partial charge in [-0.1, -0.05) is 47.6 Å². The van der Waals surface area contributed by atoms with Crippen LogP contribution in [-0.2, 0) is 0 Å². The Morgan fingerprint density at radius 3 is 2.64 bits per heavy atom. The van der Waals surface area contributed by atoms with E-state index in [0.29, 0.717) is 17.1 Å². The molecule has 25 heavy (non-hydrogen) atoms. The van der Waals surface area contributed by atoms with Crippen LogP contribution in [0.4, 0.5) is 11.6 Å². The maximum atomic E-state index is 12.8. The maximum Gasteiger partial charge on any atom is 0.263 e. The third kappa shape index (κ3) is 2.70. The molecule has 0 saturated carbocycles. The topological polar surface area (TPSA) is 94.0 Å². The number of carbonyl (C=O) groups is 1. The van der Waals surface area contributed by atoms with Crippen molar-refractivity contribution in [3.05, 3.63) is 72.4 Å². The van der Waals surface area contributed by atoms with Gasteiger partial charge in [0, 0.05) is 17.3 Å². The lowest BCUT2D eigenvalue weighted by Crippen LogP contribution is -2.14. The minimum Gasteiger partial charge on any atom is -0.367 e. The molecule has 0 aliphatic heterocycles. The van der Waals surface area contributed by atoms with Crippen LogP contribution in [-0.4, -0.2) is 16.0 Å². The second-order valence-electron chi connectivity index (χ2n) is 5.47. The molecular weight excluding hydrogens is 316 g/mol. The molecule has 0 spiro atoms. The highest BCUT2D eigenvalue weighted by Gasteiger charge is 2.23. The van der Waals surface area contributed by atoms with E-state index < -0.39 is 5.91 Å². The van der Waals surface area contributed by atoms with Gasteiger partial charge < -0.3 is 15.6 Å². The molecule has 0 radical (unpaired) electrons. The molecule has 3 N–H and O–H groups in total. The molecule has 2 heterocycles. The molecule has 122 valence electrons. The molecule has 0 atom stereocenters. The number of fused-ring (bicyclic) bond motifs is 1. The van der Waals surface area contributed by atoms with Crippen LogP contribution in [0.3, 0.4) is 0 Å². The van der Waals surface area contributed by atoms with Gasteiger partial charge in [-0.25, -0.2) is 0 Å². The van der Waals surface area contributed by atoms with Gasteiger partial charge in [0.05, 0.1) is 5.69 Å². The lowest BCUT2D eigenvalue weighted by Gasteiger charge is -2.08. The highest BCUT2D eigenvalue weighted by Crippen LogP contribution is 2.28. The summed E-state index contributed by atoms with van der Waals surface area (Å²) in [6, 6.07) is 18.8. The molecule has 6 nitrogen and oxygen atoms in total. The van der Waals surface area contributed by atoms with Gasteiger partial charge in [0.15, 0.2) is 0 Å². The van der Waals surface area contributed by atoms with Crippen LogP contribution in [0.2, 0.25) is 0 Å². The third-order valence-electron chi connectivity index (χ3n) is 3.89. The average molecular weight is 330 g/mol. The minimum atomic E-state index is -0.393. The fourth-order valence-corrected chi connectivity index (χ4v) is 2.72. The summed E-state index contributed by atoms with van der Waals surface area (Å²) in [5.74, 6) is -0.436. The predicted molar refractivity (Wildman–Crippen MR) is 96.0 cm³/mol. The molecule has 0 unspecified atom stereocenters. The Morgan fingerprint density at radius 2 is 1.80 bits per heavy atom. The normalized spacial score (nSPS) is 10.7. The van der Waals surface area contributed by atoms with E-state index in [4.69, 9.17) is 10.3 Å². The molecule has 4 aromatic rings. The number of pyridine rings is 1. The van der Waals surface area contributed by atoms with Crippen LogP contribution >= 0.6 is 0 Å². The van der Waals surface area contributed by atoms with Crippen LogP contribution in [0.15, 0.2) is 71.4 Å². The van der Waals surface area contributed by atoms with E-state index in [1.54, 1.807) is 24.4 Å². The first-order valence-corrected chi connectivity index (χ1v) is 7.69. The smallest absolute Gasteiger partial charge is 0.263 e. The largest absolute Gasteiger partial charge is 0.367 e. The summed E-state index contributed by atoms with van der Waals surface area (Å²) in [6.45, 7) is 0. The molecular formula is C19H14N4O2. The minimum absolute atomic E-state index is 0.0432. The van der Waals surface area contributed by atoms with Crippen molar-refractivity contribution in [2.45, 2.75) is 0 Å². The Bertz CT molecular complexity index is 1050. The van der Waals surface area contributed by atoms with Crippen molar-refractivity contribution in [2.24, 2.45) is 0 Å². The van der Waals surface area contributed by atoms with Crippen molar-refractivity contribution in [1.29, 1.82) is 0 Å². The van der Waals surface area contributed by atoms with Gasteiger partial charge in [0.1, 0.15) is 11.3 Å². The summed E-state index contributed by atoms with van der Waals surface area (Å²) in [7, 11) is 0. The van der Waals surface area contributed by atoms with Crippen molar-refractivity contribution < 1.29 is 9.32 Å². The van der Waals surface area contributed by atoms with Gasteiger partial charge in [0.2, 0.25) is 5.88 Å². The highest BCUT2D eigenvalue weighted by molar-refractivity contribution is 6.13. The first-order valence-electron chi connectivity index (χ1n) is 7.69. The zero-order valence-electron chi connectivity index (χ0n) is 13.1. The number of benzene rings is 2. The van der Waals surface area contributed by atoms with E-state index in [9.17, 15) is 4.79 Å². The standard InChI is InChI=1S/C19H14N4O2/c20-18-16(17(23-25-18)15-9-3-4-11-21-15)19(24)22-14-10-5-7-12-6-1-2-8-13(12)14/h1-11H,20H2,(H,22,24). The second-order valence-corrected chi connectivity index (χ2v) is 5.47. The number of aromatic nitrogens is 2. The van der Waals surface area contributed by atoms with E-state index in [1.807, 2.05) is 42.5 Å². The molecule has 4 rings (SSSR count). The van der Waals surface area contributed by atoms with E-state index in [0.717, 1.165) is 10.8 Å². The lowest BCUT2D eigenvalue weighted by molar-refractivity contribution is 0.102. The van der Waals surface area contributed by atoms with Gasteiger partial charge in [-0.2, -0.15) is 0 Å². The van der Waals surface area contributed by atoms with Crippen molar-refractivity contribution >= 4 is 28.3 Å². The zero-order valence-corrected chi connectivity index (χ0v) is 13.1. The number of amides is 1. The first kappa shape index (κ1) is 14.9. The van der Waals surface area contributed by atoms with Crippen LogP contribution in [0.5, 0.6) is 0 Å². The second kappa shape index (κ2) is 6.09. The number of nitrogens with zero attached hydrogens (tertiary/aromatic N) is 2. The Kier molecular flexibility index (Phi) is 3.63. The fraction of sp³-hybridized carbons (Fsp3) is 0. The number of carbonyl (C=O) groups excluding carboxylic acids is 1. The Morgan fingerprint density at radius 1 is 1.00 bits per heavy atom. The van der Waals surface area contributed by atoms with Gasteiger partial charge in [-0.15, -0.1) is 0 Å². The summed E-state index contributed by atoms with van der Waals surface area (Å²) in [5, 5.41) is 8.75. The van der Waals surface area contributed by atoms with Crippen LogP contribution < -0.4 is 11.1 Å². The first-order chi connectivity index (χ1) is 12.2. The quantitative estimate of drug-likeness (QED) is 0.597. The van der Waals surface area contributed by atoms with E-state index >= 15 is 0 Å². The van der Waals surface area contributed by atoms with Gasteiger partial charge in [0.25, 0.3) is 5.91 Å². The summed E-state index contributed by atoms with van der Waals surface area (Å²) in [6.07, 6.45) is 1.62. The zero-order chi connectivity index (χ0) is 17.2. The van der Waals surface area contributed by atoms with Crippen LogP contribution in [0, 0.1) is 0 Å². The number of nitrogens with one attached hydrogen (secondary N) is 1. The SMILES string of the molecule is Nc1onc(-c2ccccn2)c1C(=O)Nc1cccc2ccccc12. The van der Waals surface area contributed by atoms with Crippen molar-refractivity contribution in [2.75, 3.05) is 11.1 Å². The summed E-state index contributed by atoms with van der Waals surface area (Å²) < 4.78 is 5.02. The van der Waals surface area contributed by atoms with Gasteiger partial charge in [-0.3, -0.25) is 9.78 Å². The van der Waals surface area contributed by atoms with E-state index in [1.165, 1.54) is 0 Å². The van der Waals surface area contributed by atoms with E-state index in [2.05, 4.69) is 15.5 Å². The number of nitrogen functional groups attached to an aromatic ring is 1. The van der Waals surface area contributed by atoms with Crippen LogP contribution in [0.1, 0.15) is 10.4 Å². The molecule has 2 aromatic carbocycles. The number of rotatable bonds is 3. The number of anilines is 2. The van der Waals surface area contributed by atoms with Crippen molar-refractivity contribution in [1.82, 2.24) is 10.1 Å². The van der Waals surface area contributed by atoms with Crippen molar-refractivity contribution in [3.8, 4) is 11.4 Å². The molecule has 6 heteroatoms. The van der Waals surface area contributed by atoms with Gasteiger partial charge in [-0.05, 0) is 23.6 Å². The van der Waals surface area contributed by atoms with Crippen molar-refractivity contribution in [3.63, 3.8) is 0 Å². The van der Waals surface area contributed by atoms with Crippen LogP contribution in [0.25, 0.3) is 22.2 Å².